The van der Waals surface area contributed by atoms with E-state index in [2.05, 4.69) is 26.6 Å². The van der Waals surface area contributed by atoms with Crippen LogP contribution in [0, 0.1) is 5.82 Å². The maximum Gasteiger partial charge on any atom is 0.322 e. The molecule has 22 heavy (non-hydrogen) atoms. The van der Waals surface area contributed by atoms with E-state index in [1.165, 1.54) is 17.0 Å². The molecule has 1 aliphatic carbocycles. The number of carbonyl (C=O) groups excluding carboxylic acids is 2. The Kier molecular flexibility index (Phi) is 4.33. The summed E-state index contributed by atoms with van der Waals surface area (Å²) in [6.45, 7) is 0.507. The summed E-state index contributed by atoms with van der Waals surface area (Å²) in [7, 11) is 0. The maximum absolute atomic E-state index is 13.8. The van der Waals surface area contributed by atoms with Crippen molar-refractivity contribution in [3.05, 3.63) is 28.5 Å². The highest BCUT2D eigenvalue weighted by atomic mass is 79.9. The van der Waals surface area contributed by atoms with Crippen molar-refractivity contribution in [2.45, 2.75) is 37.8 Å². The molecular formula is C15H17BrFN3O2. The lowest BCUT2D eigenvalue weighted by molar-refractivity contribution is -0.124. The van der Waals surface area contributed by atoms with Crippen LogP contribution >= 0.6 is 15.9 Å². The van der Waals surface area contributed by atoms with Crippen LogP contribution in [0.2, 0.25) is 0 Å². The van der Waals surface area contributed by atoms with Crippen LogP contribution in [-0.2, 0) is 4.79 Å². The topological polar surface area (TPSA) is 61.4 Å². The number of halogens is 2. The number of anilines is 1. The van der Waals surface area contributed by atoms with Crippen LogP contribution < -0.4 is 10.6 Å². The Hall–Kier alpha value is -1.63. The molecule has 2 N–H and O–H groups in total. The van der Waals surface area contributed by atoms with Gasteiger partial charge in [-0.2, -0.15) is 0 Å². The van der Waals surface area contributed by atoms with Gasteiger partial charge in [0, 0.05) is 17.1 Å². The van der Waals surface area contributed by atoms with Crippen LogP contribution in [0.25, 0.3) is 0 Å². The Morgan fingerprint density at radius 2 is 2.05 bits per heavy atom. The third-order valence-electron chi connectivity index (χ3n) is 3.91. The molecule has 1 aromatic rings. The number of carbonyl (C=O) groups is 2. The average molecular weight is 370 g/mol. The number of nitrogens with one attached hydrogen (secondary N) is 2. The molecule has 2 aliphatic rings. The normalized spacial score (nSPS) is 20.8. The SMILES string of the molecule is O=C(NC1CC1)[C@H]1CCCN1C(=O)Nc1ccc(Br)cc1F. The minimum Gasteiger partial charge on any atom is -0.352 e. The molecule has 0 bridgehead atoms. The van der Waals surface area contributed by atoms with Gasteiger partial charge in [0.2, 0.25) is 5.91 Å². The lowest BCUT2D eigenvalue weighted by Crippen LogP contribution is -2.48. The van der Waals surface area contributed by atoms with Crippen molar-refractivity contribution in [2.75, 3.05) is 11.9 Å². The number of likely N-dealkylation sites (tertiary alicyclic amines) is 1. The van der Waals surface area contributed by atoms with Gasteiger partial charge in [-0.1, -0.05) is 15.9 Å². The summed E-state index contributed by atoms with van der Waals surface area (Å²) in [5, 5.41) is 5.47. The molecule has 1 saturated heterocycles. The monoisotopic (exact) mass is 369 g/mol. The first-order chi connectivity index (χ1) is 10.5. The number of rotatable bonds is 3. The second kappa shape index (κ2) is 6.24. The molecule has 0 aromatic heterocycles. The summed E-state index contributed by atoms with van der Waals surface area (Å²) in [4.78, 5) is 26.0. The van der Waals surface area contributed by atoms with E-state index in [-0.39, 0.29) is 17.6 Å². The third-order valence-corrected chi connectivity index (χ3v) is 4.41. The summed E-state index contributed by atoms with van der Waals surface area (Å²) < 4.78 is 14.4. The minimum absolute atomic E-state index is 0.105. The van der Waals surface area contributed by atoms with Gasteiger partial charge in [-0.15, -0.1) is 0 Å². The predicted octanol–water partition coefficient (Wildman–Crippen LogP) is 2.86. The number of amides is 3. The third kappa shape index (κ3) is 3.40. The molecule has 5 nitrogen and oxygen atoms in total. The number of nitrogens with zero attached hydrogens (tertiary/aromatic N) is 1. The van der Waals surface area contributed by atoms with Crippen LogP contribution in [0.5, 0.6) is 0 Å². The van der Waals surface area contributed by atoms with Crippen molar-refractivity contribution in [1.29, 1.82) is 0 Å². The quantitative estimate of drug-likeness (QED) is 0.860. The molecule has 118 valence electrons. The van der Waals surface area contributed by atoms with Gasteiger partial charge in [0.05, 0.1) is 5.69 Å². The zero-order valence-electron chi connectivity index (χ0n) is 11.9. The molecular weight excluding hydrogens is 353 g/mol. The largest absolute Gasteiger partial charge is 0.352 e. The second-order valence-electron chi connectivity index (χ2n) is 5.69. The van der Waals surface area contributed by atoms with E-state index in [0.29, 0.717) is 17.4 Å². The first-order valence-electron chi connectivity index (χ1n) is 7.37. The molecule has 1 aliphatic heterocycles. The molecule has 2 fully saturated rings. The van der Waals surface area contributed by atoms with E-state index in [0.717, 1.165) is 19.3 Å². The van der Waals surface area contributed by atoms with Gasteiger partial charge in [-0.05, 0) is 43.9 Å². The number of benzene rings is 1. The molecule has 1 aromatic carbocycles. The van der Waals surface area contributed by atoms with E-state index in [1.54, 1.807) is 6.07 Å². The molecule has 7 heteroatoms. The Balaban J connectivity index is 1.66. The standard InChI is InChI=1S/C15H17BrFN3O2/c16-9-3-6-12(11(17)8-9)19-15(22)20-7-1-2-13(20)14(21)18-10-4-5-10/h3,6,8,10,13H,1-2,4-5,7H2,(H,18,21)(H,19,22)/t13-/m1/s1. The summed E-state index contributed by atoms with van der Waals surface area (Å²) in [6, 6.07) is 3.81. The smallest absolute Gasteiger partial charge is 0.322 e. The number of hydrogen-bond donors (Lipinski definition) is 2. The highest BCUT2D eigenvalue weighted by Gasteiger charge is 2.36. The number of hydrogen-bond acceptors (Lipinski definition) is 2. The van der Waals surface area contributed by atoms with Gasteiger partial charge in [0.15, 0.2) is 0 Å². The Morgan fingerprint density at radius 1 is 1.27 bits per heavy atom. The average Bonchev–Trinajstić information content (AvgIpc) is 3.14. The van der Waals surface area contributed by atoms with Crippen LogP contribution in [0.15, 0.2) is 22.7 Å². The molecule has 1 atom stereocenters. The Bertz CT molecular complexity index is 606. The predicted molar refractivity (Wildman–Crippen MR) is 84.0 cm³/mol. The number of urea groups is 1. The highest BCUT2D eigenvalue weighted by molar-refractivity contribution is 9.10. The summed E-state index contributed by atoms with van der Waals surface area (Å²) in [6.07, 6.45) is 3.44. The molecule has 3 amide bonds. The maximum atomic E-state index is 13.8. The summed E-state index contributed by atoms with van der Waals surface area (Å²) in [5.74, 6) is -0.618. The zero-order valence-corrected chi connectivity index (χ0v) is 13.5. The van der Waals surface area contributed by atoms with Gasteiger partial charge < -0.3 is 15.5 Å². The Morgan fingerprint density at radius 3 is 2.73 bits per heavy atom. The van der Waals surface area contributed by atoms with E-state index in [1.807, 2.05) is 0 Å². The molecule has 1 heterocycles. The molecule has 3 rings (SSSR count). The van der Waals surface area contributed by atoms with Gasteiger partial charge in [0.1, 0.15) is 11.9 Å². The van der Waals surface area contributed by atoms with Crippen LogP contribution in [0.1, 0.15) is 25.7 Å². The van der Waals surface area contributed by atoms with Gasteiger partial charge in [-0.25, -0.2) is 9.18 Å². The molecule has 1 saturated carbocycles. The lowest BCUT2D eigenvalue weighted by atomic mass is 10.2. The van der Waals surface area contributed by atoms with Crippen molar-refractivity contribution in [1.82, 2.24) is 10.2 Å². The molecule has 0 unspecified atom stereocenters. The minimum atomic E-state index is -0.513. The van der Waals surface area contributed by atoms with Gasteiger partial charge in [-0.3, -0.25) is 4.79 Å². The van der Waals surface area contributed by atoms with Crippen molar-refractivity contribution in [3.63, 3.8) is 0 Å². The lowest BCUT2D eigenvalue weighted by Gasteiger charge is -2.24. The van der Waals surface area contributed by atoms with E-state index < -0.39 is 17.9 Å². The van der Waals surface area contributed by atoms with Gasteiger partial charge in [0.25, 0.3) is 0 Å². The van der Waals surface area contributed by atoms with Crippen LogP contribution in [0.4, 0.5) is 14.9 Å². The van der Waals surface area contributed by atoms with E-state index in [9.17, 15) is 14.0 Å². The fourth-order valence-corrected chi connectivity index (χ4v) is 2.92. The van der Waals surface area contributed by atoms with Crippen molar-refractivity contribution >= 4 is 33.6 Å². The van der Waals surface area contributed by atoms with Gasteiger partial charge >= 0.3 is 6.03 Å². The first-order valence-corrected chi connectivity index (χ1v) is 8.17. The van der Waals surface area contributed by atoms with Crippen LogP contribution in [0.3, 0.4) is 0 Å². The summed E-state index contributed by atoms with van der Waals surface area (Å²) >= 11 is 3.17. The molecule has 0 spiro atoms. The zero-order chi connectivity index (χ0) is 15.7. The fourth-order valence-electron chi connectivity index (χ4n) is 2.59. The first kappa shape index (κ1) is 15.3. The summed E-state index contributed by atoms with van der Waals surface area (Å²) in [5.41, 5.74) is 0.112. The molecule has 0 radical (unpaired) electrons. The highest BCUT2D eigenvalue weighted by Crippen LogP contribution is 2.24. The van der Waals surface area contributed by atoms with Crippen molar-refractivity contribution in [3.8, 4) is 0 Å². The van der Waals surface area contributed by atoms with Crippen molar-refractivity contribution in [2.24, 2.45) is 0 Å². The van der Waals surface area contributed by atoms with E-state index >= 15 is 0 Å². The van der Waals surface area contributed by atoms with Crippen molar-refractivity contribution < 1.29 is 14.0 Å². The Labute approximate surface area is 136 Å². The van der Waals surface area contributed by atoms with E-state index in [4.69, 9.17) is 0 Å². The second-order valence-corrected chi connectivity index (χ2v) is 6.60. The fraction of sp³-hybridized carbons (Fsp3) is 0.467. The van der Waals surface area contributed by atoms with Crippen LogP contribution in [-0.4, -0.2) is 35.5 Å².